The Morgan fingerprint density at radius 1 is 1.10 bits per heavy atom. The minimum absolute atomic E-state index is 0.666. The van der Waals surface area contributed by atoms with E-state index in [2.05, 4.69) is 46.7 Å². The molecule has 0 aliphatic heterocycles. The fourth-order valence-corrected chi connectivity index (χ4v) is 2.90. The third-order valence-electron chi connectivity index (χ3n) is 4.32. The maximum atomic E-state index is 5.20. The summed E-state index contributed by atoms with van der Waals surface area (Å²) in [6, 6.07) is 13.3. The molecule has 3 nitrogen and oxygen atoms in total. The van der Waals surface area contributed by atoms with Crippen LogP contribution in [0.3, 0.4) is 0 Å². The van der Waals surface area contributed by atoms with Crippen LogP contribution in [0.5, 0.6) is 5.75 Å². The molecule has 1 fully saturated rings. The molecule has 1 saturated carbocycles. The van der Waals surface area contributed by atoms with E-state index in [1.54, 1.807) is 7.11 Å². The van der Waals surface area contributed by atoms with Crippen molar-refractivity contribution in [2.45, 2.75) is 31.2 Å². The molecule has 3 rings (SSSR count). The van der Waals surface area contributed by atoms with Crippen LogP contribution in [0.25, 0.3) is 0 Å². The lowest BCUT2D eigenvalue weighted by atomic mass is 9.76. The average Bonchev–Trinajstić information content (AvgIpc) is 2.51. The summed E-state index contributed by atoms with van der Waals surface area (Å²) in [5, 5.41) is 3.64. The second-order valence-electron chi connectivity index (χ2n) is 5.70. The highest BCUT2D eigenvalue weighted by Crippen LogP contribution is 2.37. The van der Waals surface area contributed by atoms with E-state index >= 15 is 0 Å². The molecular weight excluding hydrogens is 260 g/mol. The Morgan fingerprint density at radius 2 is 1.81 bits per heavy atom. The number of hydrogen-bond acceptors (Lipinski definition) is 3. The molecule has 3 heteroatoms. The predicted molar refractivity (Wildman–Crippen MR) is 84.7 cm³/mol. The molecule has 0 spiro atoms. The van der Waals surface area contributed by atoms with Gasteiger partial charge in [0.05, 0.1) is 7.11 Å². The molecule has 0 unspecified atom stereocenters. The van der Waals surface area contributed by atoms with Crippen LogP contribution in [0.2, 0.25) is 0 Å². The highest BCUT2D eigenvalue weighted by Gasteiger charge is 2.29. The first-order valence-electron chi connectivity index (χ1n) is 7.61. The first-order chi connectivity index (χ1) is 10.3. The minimum atomic E-state index is 0.666. The van der Waals surface area contributed by atoms with Crippen molar-refractivity contribution in [2.75, 3.05) is 13.7 Å². The molecular formula is C18H22N2O. The Morgan fingerprint density at radius 3 is 2.48 bits per heavy atom. The highest BCUT2D eigenvalue weighted by atomic mass is 16.5. The van der Waals surface area contributed by atoms with Crippen molar-refractivity contribution in [2.24, 2.45) is 0 Å². The van der Waals surface area contributed by atoms with Gasteiger partial charge < -0.3 is 10.1 Å². The van der Waals surface area contributed by atoms with Crippen molar-refractivity contribution in [1.82, 2.24) is 10.3 Å². The SMILES string of the molecule is COc1ccc(C2CC(NCCc3ccncc3)C2)cc1. The molecule has 1 aromatic heterocycles. The molecule has 110 valence electrons. The summed E-state index contributed by atoms with van der Waals surface area (Å²) < 4.78 is 5.20. The second kappa shape index (κ2) is 6.72. The van der Waals surface area contributed by atoms with E-state index in [4.69, 9.17) is 4.74 Å². The number of benzene rings is 1. The van der Waals surface area contributed by atoms with Gasteiger partial charge in [0.25, 0.3) is 0 Å². The summed E-state index contributed by atoms with van der Waals surface area (Å²) >= 11 is 0. The second-order valence-corrected chi connectivity index (χ2v) is 5.70. The summed E-state index contributed by atoms with van der Waals surface area (Å²) in [4.78, 5) is 4.04. The van der Waals surface area contributed by atoms with Gasteiger partial charge in [-0.3, -0.25) is 4.98 Å². The number of ether oxygens (including phenoxy) is 1. The lowest BCUT2D eigenvalue weighted by molar-refractivity contribution is 0.292. The molecule has 0 atom stereocenters. The molecule has 1 N–H and O–H groups in total. The van der Waals surface area contributed by atoms with Crippen LogP contribution in [-0.4, -0.2) is 24.7 Å². The molecule has 0 bridgehead atoms. The smallest absolute Gasteiger partial charge is 0.118 e. The van der Waals surface area contributed by atoms with Gasteiger partial charge in [-0.15, -0.1) is 0 Å². The van der Waals surface area contributed by atoms with Gasteiger partial charge in [0.1, 0.15) is 5.75 Å². The van der Waals surface area contributed by atoms with Gasteiger partial charge in [-0.1, -0.05) is 12.1 Å². The quantitative estimate of drug-likeness (QED) is 0.883. The van der Waals surface area contributed by atoms with E-state index < -0.39 is 0 Å². The zero-order valence-electron chi connectivity index (χ0n) is 12.5. The molecule has 0 amide bonds. The highest BCUT2D eigenvalue weighted by molar-refractivity contribution is 5.30. The van der Waals surface area contributed by atoms with Gasteiger partial charge in [-0.25, -0.2) is 0 Å². The predicted octanol–water partition coefficient (Wildman–Crippen LogP) is 3.17. The van der Waals surface area contributed by atoms with Crippen molar-refractivity contribution in [3.8, 4) is 5.75 Å². The summed E-state index contributed by atoms with van der Waals surface area (Å²) in [6.07, 6.45) is 7.27. The van der Waals surface area contributed by atoms with E-state index in [0.717, 1.165) is 18.7 Å². The number of nitrogens with one attached hydrogen (secondary N) is 1. The van der Waals surface area contributed by atoms with Crippen LogP contribution in [0.1, 0.15) is 29.9 Å². The molecule has 2 aromatic rings. The van der Waals surface area contributed by atoms with Gasteiger partial charge in [0, 0.05) is 18.4 Å². The monoisotopic (exact) mass is 282 g/mol. The van der Waals surface area contributed by atoms with Crippen LogP contribution < -0.4 is 10.1 Å². The van der Waals surface area contributed by atoms with Crippen LogP contribution in [0.15, 0.2) is 48.8 Å². The fourth-order valence-electron chi connectivity index (χ4n) is 2.90. The molecule has 1 heterocycles. The first kappa shape index (κ1) is 14.1. The van der Waals surface area contributed by atoms with E-state index in [1.807, 2.05) is 12.4 Å². The van der Waals surface area contributed by atoms with Gasteiger partial charge >= 0.3 is 0 Å². The zero-order chi connectivity index (χ0) is 14.5. The number of hydrogen-bond donors (Lipinski definition) is 1. The van der Waals surface area contributed by atoms with E-state index in [0.29, 0.717) is 12.0 Å². The fraction of sp³-hybridized carbons (Fsp3) is 0.389. The summed E-state index contributed by atoms with van der Waals surface area (Å²) in [6.45, 7) is 1.05. The van der Waals surface area contributed by atoms with Crippen molar-refractivity contribution in [1.29, 1.82) is 0 Å². The van der Waals surface area contributed by atoms with Gasteiger partial charge in [-0.05, 0) is 67.1 Å². The van der Waals surface area contributed by atoms with Crippen molar-refractivity contribution >= 4 is 0 Å². The van der Waals surface area contributed by atoms with Crippen LogP contribution in [0, 0.1) is 0 Å². The molecule has 1 aliphatic rings. The largest absolute Gasteiger partial charge is 0.497 e. The number of nitrogens with zero attached hydrogens (tertiary/aromatic N) is 1. The Balaban J connectivity index is 1.39. The normalized spacial score (nSPS) is 20.8. The molecule has 1 aliphatic carbocycles. The van der Waals surface area contributed by atoms with Crippen LogP contribution >= 0.6 is 0 Å². The Hall–Kier alpha value is -1.87. The zero-order valence-corrected chi connectivity index (χ0v) is 12.5. The lowest BCUT2D eigenvalue weighted by Gasteiger charge is -2.36. The minimum Gasteiger partial charge on any atom is -0.497 e. The number of methoxy groups -OCH3 is 1. The number of rotatable bonds is 6. The third kappa shape index (κ3) is 3.61. The van der Waals surface area contributed by atoms with Crippen molar-refractivity contribution in [3.63, 3.8) is 0 Å². The van der Waals surface area contributed by atoms with Crippen LogP contribution in [-0.2, 0) is 6.42 Å². The Bertz CT molecular complexity index is 547. The van der Waals surface area contributed by atoms with E-state index in [-0.39, 0.29) is 0 Å². The molecule has 1 aromatic carbocycles. The Labute approximate surface area is 126 Å². The topological polar surface area (TPSA) is 34.1 Å². The molecule has 21 heavy (non-hydrogen) atoms. The lowest BCUT2D eigenvalue weighted by Crippen LogP contribution is -2.40. The van der Waals surface area contributed by atoms with E-state index in [9.17, 15) is 0 Å². The molecule has 0 radical (unpaired) electrons. The van der Waals surface area contributed by atoms with E-state index in [1.165, 1.54) is 24.0 Å². The maximum Gasteiger partial charge on any atom is 0.118 e. The number of pyridine rings is 1. The van der Waals surface area contributed by atoms with Crippen molar-refractivity contribution in [3.05, 3.63) is 59.9 Å². The number of aromatic nitrogens is 1. The summed E-state index contributed by atoms with van der Waals surface area (Å²) in [7, 11) is 1.71. The van der Waals surface area contributed by atoms with Gasteiger partial charge in [0.2, 0.25) is 0 Å². The third-order valence-corrected chi connectivity index (χ3v) is 4.32. The summed E-state index contributed by atoms with van der Waals surface area (Å²) in [5.74, 6) is 1.64. The average molecular weight is 282 g/mol. The van der Waals surface area contributed by atoms with Gasteiger partial charge in [0.15, 0.2) is 0 Å². The van der Waals surface area contributed by atoms with Crippen LogP contribution in [0.4, 0.5) is 0 Å². The van der Waals surface area contributed by atoms with Gasteiger partial charge in [-0.2, -0.15) is 0 Å². The summed E-state index contributed by atoms with van der Waals surface area (Å²) in [5.41, 5.74) is 2.78. The molecule has 0 saturated heterocycles. The first-order valence-corrected chi connectivity index (χ1v) is 7.61. The van der Waals surface area contributed by atoms with Crippen molar-refractivity contribution < 1.29 is 4.74 Å². The standard InChI is InChI=1S/C18H22N2O/c1-21-18-4-2-15(3-5-18)16-12-17(13-16)20-11-8-14-6-9-19-10-7-14/h2-7,9-10,16-17,20H,8,11-13H2,1H3. The Kier molecular flexibility index (Phi) is 4.51. The maximum absolute atomic E-state index is 5.20.